The lowest BCUT2D eigenvalue weighted by molar-refractivity contribution is 0.112. The Morgan fingerprint density at radius 3 is 2.83 bits per heavy atom. The maximum absolute atomic E-state index is 13.2. The highest BCUT2D eigenvalue weighted by atomic mass is 32.1. The third-order valence-corrected chi connectivity index (χ3v) is 3.74. The molecule has 0 atom stereocenters. The van der Waals surface area contributed by atoms with Gasteiger partial charge in [0.05, 0.1) is 10.6 Å². The van der Waals surface area contributed by atoms with Gasteiger partial charge in [0.1, 0.15) is 5.82 Å². The number of anilines is 2. The molecule has 0 aliphatic heterocycles. The molecule has 0 bridgehead atoms. The Morgan fingerprint density at radius 2 is 2.28 bits per heavy atom. The normalized spacial score (nSPS) is 10.4. The molecule has 1 heterocycles. The van der Waals surface area contributed by atoms with E-state index in [1.165, 1.54) is 23.5 Å². The average Bonchev–Trinajstić information content (AvgIpc) is 2.81. The zero-order valence-corrected chi connectivity index (χ0v) is 11.0. The minimum Gasteiger partial charge on any atom is -0.321 e. The number of carbonyl (C=O) groups excluding carboxylic acids is 1. The van der Waals surface area contributed by atoms with E-state index in [2.05, 4.69) is 4.98 Å². The molecule has 3 nitrogen and oxygen atoms in total. The van der Waals surface area contributed by atoms with Crippen molar-refractivity contribution in [2.75, 3.05) is 11.9 Å². The largest absolute Gasteiger partial charge is 0.321 e. The number of nitrogens with zero attached hydrogens (tertiary/aromatic N) is 2. The van der Waals surface area contributed by atoms with Crippen LogP contribution in [0.25, 0.3) is 0 Å². The van der Waals surface area contributed by atoms with Gasteiger partial charge in [-0.2, -0.15) is 0 Å². The van der Waals surface area contributed by atoms with Gasteiger partial charge in [-0.1, -0.05) is 24.3 Å². The molecule has 94 valence electrons. The summed E-state index contributed by atoms with van der Waals surface area (Å²) in [6, 6.07) is 6.29. The van der Waals surface area contributed by atoms with Gasteiger partial charge in [-0.05, 0) is 24.6 Å². The van der Waals surface area contributed by atoms with Crippen LogP contribution in [0, 0.1) is 5.82 Å². The van der Waals surface area contributed by atoms with E-state index in [-0.39, 0.29) is 5.82 Å². The highest BCUT2D eigenvalue weighted by molar-refractivity contribution is 7.17. The lowest BCUT2D eigenvalue weighted by atomic mass is 10.3. The number of aryl methyl sites for hydroxylation is 1. The summed E-state index contributed by atoms with van der Waals surface area (Å²) in [5.74, 6) is -0.290. The molecular weight excluding hydrogens is 251 g/mol. The number of benzene rings is 1. The topological polar surface area (TPSA) is 33.2 Å². The summed E-state index contributed by atoms with van der Waals surface area (Å²) in [4.78, 5) is 17.7. The second-order valence-corrected chi connectivity index (χ2v) is 4.83. The van der Waals surface area contributed by atoms with Crippen molar-refractivity contribution < 1.29 is 9.18 Å². The fraction of sp³-hybridized carbons (Fsp3) is 0.231. The van der Waals surface area contributed by atoms with Gasteiger partial charge in [-0.15, -0.1) is 0 Å². The molecule has 18 heavy (non-hydrogen) atoms. The monoisotopic (exact) mass is 264 g/mol. The van der Waals surface area contributed by atoms with Gasteiger partial charge in [0.2, 0.25) is 0 Å². The Labute approximate surface area is 109 Å². The molecule has 0 unspecified atom stereocenters. The van der Waals surface area contributed by atoms with Crippen LogP contribution in [-0.4, -0.2) is 18.3 Å². The van der Waals surface area contributed by atoms with Crippen LogP contribution in [0.4, 0.5) is 15.2 Å². The molecule has 0 saturated heterocycles. The number of aromatic nitrogens is 1. The zero-order chi connectivity index (χ0) is 13.1. The molecule has 0 amide bonds. The summed E-state index contributed by atoms with van der Waals surface area (Å²) >= 11 is 1.32. The predicted molar refractivity (Wildman–Crippen MR) is 71.3 cm³/mol. The Hall–Kier alpha value is -1.75. The van der Waals surface area contributed by atoms with Crippen LogP contribution in [0.5, 0.6) is 0 Å². The first-order chi connectivity index (χ1) is 8.65. The van der Waals surface area contributed by atoms with E-state index >= 15 is 0 Å². The molecule has 0 saturated carbocycles. The van der Waals surface area contributed by atoms with E-state index in [1.807, 2.05) is 14.0 Å². The molecule has 2 rings (SSSR count). The van der Waals surface area contributed by atoms with Gasteiger partial charge in [-0.25, -0.2) is 9.37 Å². The van der Waals surface area contributed by atoms with Crippen LogP contribution in [-0.2, 0) is 6.42 Å². The maximum atomic E-state index is 13.2. The van der Waals surface area contributed by atoms with Gasteiger partial charge in [0.15, 0.2) is 11.4 Å². The van der Waals surface area contributed by atoms with Crippen LogP contribution >= 0.6 is 11.3 Å². The highest BCUT2D eigenvalue weighted by Gasteiger charge is 2.13. The summed E-state index contributed by atoms with van der Waals surface area (Å²) in [5.41, 5.74) is 1.50. The molecule has 5 heteroatoms. The number of rotatable bonds is 4. The van der Waals surface area contributed by atoms with Crippen molar-refractivity contribution in [3.63, 3.8) is 0 Å². The third-order valence-electron chi connectivity index (χ3n) is 2.64. The molecule has 1 aromatic carbocycles. The second kappa shape index (κ2) is 5.27. The van der Waals surface area contributed by atoms with E-state index < -0.39 is 0 Å². The van der Waals surface area contributed by atoms with Gasteiger partial charge in [0.25, 0.3) is 0 Å². The minimum atomic E-state index is -0.290. The van der Waals surface area contributed by atoms with Crippen LogP contribution in [0.1, 0.15) is 22.3 Å². The minimum absolute atomic E-state index is 0.290. The quantitative estimate of drug-likeness (QED) is 0.793. The zero-order valence-electron chi connectivity index (χ0n) is 10.2. The molecule has 0 aliphatic rings. The van der Waals surface area contributed by atoms with Gasteiger partial charge < -0.3 is 4.90 Å². The van der Waals surface area contributed by atoms with E-state index in [0.29, 0.717) is 22.1 Å². The van der Waals surface area contributed by atoms with Crippen molar-refractivity contribution in [2.24, 2.45) is 0 Å². The standard InChI is InChI=1S/C13H13FN2OS/c1-3-11-12(8-17)18-13(15-11)16(2)10-6-4-5-9(14)7-10/h4-8H,3H2,1-2H3. The van der Waals surface area contributed by atoms with E-state index in [9.17, 15) is 9.18 Å². The Morgan fingerprint density at radius 1 is 1.50 bits per heavy atom. The number of hydrogen-bond acceptors (Lipinski definition) is 4. The fourth-order valence-electron chi connectivity index (χ4n) is 1.63. The average molecular weight is 264 g/mol. The predicted octanol–water partition coefficient (Wildman–Crippen LogP) is 3.43. The molecule has 0 N–H and O–H groups in total. The summed E-state index contributed by atoms with van der Waals surface area (Å²) in [7, 11) is 1.81. The lowest BCUT2D eigenvalue weighted by Crippen LogP contribution is -2.09. The number of thiazole rings is 1. The van der Waals surface area contributed by atoms with Crippen LogP contribution in [0.15, 0.2) is 24.3 Å². The molecule has 0 radical (unpaired) electrons. The summed E-state index contributed by atoms with van der Waals surface area (Å²) in [6.07, 6.45) is 1.53. The Kier molecular flexibility index (Phi) is 3.72. The summed E-state index contributed by atoms with van der Waals surface area (Å²) in [6.45, 7) is 1.95. The maximum Gasteiger partial charge on any atom is 0.190 e. The molecule has 0 fully saturated rings. The molecule has 0 aliphatic carbocycles. The van der Waals surface area contributed by atoms with Crippen LogP contribution < -0.4 is 4.90 Å². The van der Waals surface area contributed by atoms with E-state index in [1.54, 1.807) is 17.0 Å². The Balaban J connectivity index is 2.36. The van der Waals surface area contributed by atoms with Gasteiger partial charge in [0, 0.05) is 12.7 Å². The van der Waals surface area contributed by atoms with Crippen molar-refractivity contribution in [1.29, 1.82) is 0 Å². The van der Waals surface area contributed by atoms with E-state index in [4.69, 9.17) is 0 Å². The first kappa shape index (κ1) is 12.7. The number of halogens is 1. The summed E-state index contributed by atoms with van der Waals surface area (Å²) < 4.78 is 13.2. The first-order valence-corrected chi connectivity index (χ1v) is 6.41. The molecule has 2 aromatic rings. The molecular formula is C13H13FN2OS. The molecule has 1 aromatic heterocycles. The number of carbonyl (C=O) groups is 1. The van der Waals surface area contributed by atoms with Gasteiger partial charge >= 0.3 is 0 Å². The highest BCUT2D eigenvalue weighted by Crippen LogP contribution is 2.30. The third kappa shape index (κ3) is 2.41. The summed E-state index contributed by atoms with van der Waals surface area (Å²) in [5, 5.41) is 0.694. The van der Waals surface area contributed by atoms with Crippen molar-refractivity contribution >= 4 is 28.4 Å². The van der Waals surface area contributed by atoms with Crippen molar-refractivity contribution in [2.45, 2.75) is 13.3 Å². The van der Waals surface area contributed by atoms with E-state index in [0.717, 1.165) is 12.0 Å². The van der Waals surface area contributed by atoms with Crippen molar-refractivity contribution in [3.05, 3.63) is 40.7 Å². The van der Waals surface area contributed by atoms with Crippen LogP contribution in [0.2, 0.25) is 0 Å². The van der Waals surface area contributed by atoms with Gasteiger partial charge in [-0.3, -0.25) is 4.79 Å². The first-order valence-electron chi connectivity index (χ1n) is 5.60. The van der Waals surface area contributed by atoms with Crippen molar-refractivity contribution in [1.82, 2.24) is 4.98 Å². The SMILES string of the molecule is CCc1nc(N(C)c2cccc(F)c2)sc1C=O. The van der Waals surface area contributed by atoms with Crippen LogP contribution in [0.3, 0.4) is 0 Å². The fourth-order valence-corrected chi connectivity index (χ4v) is 2.59. The second-order valence-electron chi connectivity index (χ2n) is 3.82. The lowest BCUT2D eigenvalue weighted by Gasteiger charge is -2.15. The Bertz CT molecular complexity index is 568. The number of aldehydes is 1. The smallest absolute Gasteiger partial charge is 0.190 e. The van der Waals surface area contributed by atoms with Crippen molar-refractivity contribution in [3.8, 4) is 0 Å². The molecule has 0 spiro atoms. The number of hydrogen-bond donors (Lipinski definition) is 0.